The molecule has 2 rings (SSSR count). The van der Waals surface area contributed by atoms with E-state index in [1.54, 1.807) is 0 Å². The maximum atomic E-state index is 12.5. The van der Waals surface area contributed by atoms with Crippen LogP contribution in [0.3, 0.4) is 0 Å². The van der Waals surface area contributed by atoms with Crippen LogP contribution in [0.15, 0.2) is 0 Å². The lowest BCUT2D eigenvalue weighted by molar-refractivity contribution is -0.141. The van der Waals surface area contributed by atoms with E-state index in [4.69, 9.17) is 0 Å². The molecule has 1 atom stereocenters. The third-order valence-corrected chi connectivity index (χ3v) is 4.39. The molecule has 2 aliphatic heterocycles. The second-order valence-electron chi connectivity index (χ2n) is 6.66. The topological polar surface area (TPSA) is 52.7 Å². The molecule has 21 heavy (non-hydrogen) atoms. The van der Waals surface area contributed by atoms with E-state index >= 15 is 0 Å². The van der Waals surface area contributed by atoms with Crippen molar-refractivity contribution in [3.8, 4) is 0 Å². The summed E-state index contributed by atoms with van der Waals surface area (Å²) in [7, 11) is 0. The molecule has 1 unspecified atom stereocenters. The van der Waals surface area contributed by atoms with Gasteiger partial charge in [0.05, 0.1) is 6.04 Å². The van der Waals surface area contributed by atoms with Gasteiger partial charge in [-0.05, 0) is 25.3 Å². The van der Waals surface area contributed by atoms with Crippen molar-refractivity contribution in [2.45, 2.75) is 52.0 Å². The second kappa shape index (κ2) is 7.78. The summed E-state index contributed by atoms with van der Waals surface area (Å²) in [5, 5.41) is 3.37. The van der Waals surface area contributed by atoms with Gasteiger partial charge in [0.1, 0.15) is 0 Å². The van der Waals surface area contributed by atoms with Gasteiger partial charge < -0.3 is 15.1 Å². The normalized spacial score (nSPS) is 24.0. The van der Waals surface area contributed by atoms with Crippen LogP contribution in [0, 0.1) is 5.92 Å². The molecule has 0 saturated carbocycles. The summed E-state index contributed by atoms with van der Waals surface area (Å²) in [6.07, 6.45) is 5.08. The molecule has 0 radical (unpaired) electrons. The Balaban J connectivity index is 1.80. The van der Waals surface area contributed by atoms with E-state index in [1.165, 1.54) is 12.8 Å². The van der Waals surface area contributed by atoms with Crippen molar-refractivity contribution in [3.05, 3.63) is 0 Å². The fraction of sp³-hybridized carbons (Fsp3) is 0.875. The van der Waals surface area contributed by atoms with Crippen molar-refractivity contribution in [3.63, 3.8) is 0 Å². The van der Waals surface area contributed by atoms with E-state index in [0.717, 1.165) is 19.4 Å². The van der Waals surface area contributed by atoms with Crippen LogP contribution in [0.4, 0.5) is 0 Å². The standard InChI is InChI=1S/C16H29N3O2/c1-13(2)12-15(20)18-8-10-19(11-9-18)16(21)14-6-4-3-5-7-17-14/h13-14,17H,3-12H2,1-2H3. The van der Waals surface area contributed by atoms with Crippen LogP contribution in [0.2, 0.25) is 0 Å². The number of piperazine rings is 1. The molecule has 5 heteroatoms. The number of rotatable bonds is 3. The summed E-state index contributed by atoms with van der Waals surface area (Å²) in [6.45, 7) is 7.81. The highest BCUT2D eigenvalue weighted by molar-refractivity contribution is 5.82. The van der Waals surface area contributed by atoms with Crippen LogP contribution in [-0.4, -0.2) is 60.4 Å². The first-order chi connectivity index (χ1) is 10.1. The molecule has 0 aromatic rings. The zero-order valence-electron chi connectivity index (χ0n) is 13.4. The highest BCUT2D eigenvalue weighted by atomic mass is 16.2. The van der Waals surface area contributed by atoms with Gasteiger partial charge in [0.2, 0.25) is 11.8 Å². The number of nitrogens with zero attached hydrogens (tertiary/aromatic N) is 2. The Morgan fingerprint density at radius 1 is 1.05 bits per heavy atom. The first kappa shape index (κ1) is 16.3. The van der Waals surface area contributed by atoms with Crippen molar-refractivity contribution in [2.24, 2.45) is 5.92 Å². The Morgan fingerprint density at radius 2 is 1.71 bits per heavy atom. The molecule has 1 N–H and O–H groups in total. The van der Waals surface area contributed by atoms with Crippen molar-refractivity contribution in [2.75, 3.05) is 32.7 Å². The van der Waals surface area contributed by atoms with E-state index < -0.39 is 0 Å². The van der Waals surface area contributed by atoms with Crippen LogP contribution in [-0.2, 0) is 9.59 Å². The SMILES string of the molecule is CC(C)CC(=O)N1CCN(C(=O)C2CCCCCN2)CC1. The summed E-state index contributed by atoms with van der Waals surface area (Å²) in [4.78, 5) is 28.4. The molecule has 120 valence electrons. The summed E-state index contributed by atoms with van der Waals surface area (Å²) in [5.74, 6) is 0.852. The number of amides is 2. The van der Waals surface area contributed by atoms with Gasteiger partial charge >= 0.3 is 0 Å². The minimum atomic E-state index is -0.00887. The van der Waals surface area contributed by atoms with Crippen molar-refractivity contribution in [1.29, 1.82) is 0 Å². The van der Waals surface area contributed by atoms with E-state index in [2.05, 4.69) is 19.2 Å². The molecule has 0 spiro atoms. The number of carbonyl (C=O) groups is 2. The Morgan fingerprint density at radius 3 is 2.38 bits per heavy atom. The third kappa shape index (κ3) is 4.70. The van der Waals surface area contributed by atoms with Crippen LogP contribution in [0.25, 0.3) is 0 Å². The predicted octanol–water partition coefficient (Wildman–Crippen LogP) is 1.24. The third-order valence-electron chi connectivity index (χ3n) is 4.39. The highest BCUT2D eigenvalue weighted by Gasteiger charge is 2.29. The van der Waals surface area contributed by atoms with Gasteiger partial charge in [-0.3, -0.25) is 9.59 Å². The zero-order chi connectivity index (χ0) is 15.2. The largest absolute Gasteiger partial charge is 0.339 e. The van der Waals surface area contributed by atoms with Gasteiger partial charge in [-0.25, -0.2) is 0 Å². The molecular formula is C16H29N3O2. The van der Waals surface area contributed by atoms with Gasteiger partial charge in [-0.1, -0.05) is 26.7 Å². The van der Waals surface area contributed by atoms with Crippen LogP contribution in [0.1, 0.15) is 46.0 Å². The Bertz CT molecular complexity index is 355. The van der Waals surface area contributed by atoms with Crippen LogP contribution in [0.5, 0.6) is 0 Å². The average Bonchev–Trinajstić information content (AvgIpc) is 2.75. The maximum Gasteiger partial charge on any atom is 0.239 e. The summed E-state index contributed by atoms with van der Waals surface area (Å²) in [6, 6.07) is -0.00887. The first-order valence-corrected chi connectivity index (χ1v) is 8.38. The molecular weight excluding hydrogens is 266 g/mol. The number of hydrogen-bond acceptors (Lipinski definition) is 3. The van der Waals surface area contributed by atoms with Gasteiger partial charge in [0.15, 0.2) is 0 Å². The van der Waals surface area contributed by atoms with Gasteiger partial charge in [-0.15, -0.1) is 0 Å². The fourth-order valence-electron chi connectivity index (χ4n) is 3.11. The zero-order valence-corrected chi connectivity index (χ0v) is 13.4. The molecule has 2 amide bonds. The predicted molar refractivity (Wildman–Crippen MR) is 82.9 cm³/mol. The van der Waals surface area contributed by atoms with E-state index in [9.17, 15) is 9.59 Å². The Labute approximate surface area is 128 Å². The van der Waals surface area contributed by atoms with Crippen molar-refractivity contribution in [1.82, 2.24) is 15.1 Å². The van der Waals surface area contributed by atoms with E-state index in [1.807, 2.05) is 9.80 Å². The number of nitrogens with one attached hydrogen (secondary N) is 1. The number of hydrogen-bond donors (Lipinski definition) is 1. The van der Waals surface area contributed by atoms with Crippen molar-refractivity contribution < 1.29 is 9.59 Å². The molecule has 2 fully saturated rings. The molecule has 2 aliphatic rings. The molecule has 0 aromatic carbocycles. The number of carbonyl (C=O) groups excluding carboxylic acids is 2. The highest BCUT2D eigenvalue weighted by Crippen LogP contribution is 2.13. The monoisotopic (exact) mass is 295 g/mol. The summed E-state index contributed by atoms with van der Waals surface area (Å²) < 4.78 is 0. The second-order valence-corrected chi connectivity index (χ2v) is 6.66. The van der Waals surface area contributed by atoms with E-state index in [0.29, 0.717) is 38.5 Å². The van der Waals surface area contributed by atoms with Crippen molar-refractivity contribution >= 4 is 11.8 Å². The molecule has 2 heterocycles. The van der Waals surface area contributed by atoms with Gasteiger partial charge in [-0.2, -0.15) is 0 Å². The first-order valence-electron chi connectivity index (χ1n) is 8.38. The molecule has 5 nitrogen and oxygen atoms in total. The van der Waals surface area contributed by atoms with Crippen LogP contribution < -0.4 is 5.32 Å². The molecule has 0 aromatic heterocycles. The van der Waals surface area contributed by atoms with Crippen LogP contribution >= 0.6 is 0 Å². The lowest BCUT2D eigenvalue weighted by Crippen LogP contribution is -2.55. The van der Waals surface area contributed by atoms with E-state index in [-0.39, 0.29) is 17.9 Å². The lowest BCUT2D eigenvalue weighted by Gasteiger charge is -2.36. The Kier molecular flexibility index (Phi) is 6.03. The molecule has 0 aliphatic carbocycles. The maximum absolute atomic E-state index is 12.5. The fourth-order valence-corrected chi connectivity index (χ4v) is 3.11. The lowest BCUT2D eigenvalue weighted by atomic mass is 10.1. The quantitative estimate of drug-likeness (QED) is 0.852. The minimum absolute atomic E-state index is 0.00887. The van der Waals surface area contributed by atoms with Gasteiger partial charge in [0, 0.05) is 32.6 Å². The molecule has 2 saturated heterocycles. The minimum Gasteiger partial charge on any atom is -0.339 e. The van der Waals surface area contributed by atoms with Gasteiger partial charge in [0.25, 0.3) is 0 Å². The summed E-state index contributed by atoms with van der Waals surface area (Å²) in [5.41, 5.74) is 0. The smallest absolute Gasteiger partial charge is 0.239 e. The molecule has 0 bridgehead atoms. The average molecular weight is 295 g/mol. The Hall–Kier alpha value is -1.10. The summed E-state index contributed by atoms with van der Waals surface area (Å²) >= 11 is 0.